The highest BCUT2D eigenvalue weighted by Crippen LogP contribution is 2.30. The molecule has 0 aliphatic heterocycles. The summed E-state index contributed by atoms with van der Waals surface area (Å²) in [5.74, 6) is 1.80. The van der Waals surface area contributed by atoms with Gasteiger partial charge < -0.3 is 5.32 Å². The third-order valence-electron chi connectivity index (χ3n) is 3.92. The summed E-state index contributed by atoms with van der Waals surface area (Å²) in [6.45, 7) is 3.39. The molecule has 1 aliphatic carbocycles. The number of anilines is 1. The first kappa shape index (κ1) is 13.0. The van der Waals surface area contributed by atoms with Gasteiger partial charge >= 0.3 is 0 Å². The number of nitrogens with zero attached hydrogens (tertiary/aromatic N) is 1. The second-order valence-electron chi connectivity index (χ2n) is 5.55. The minimum atomic E-state index is 0.728. The number of nitrogens with one attached hydrogen (secondary N) is 1. The smallest absolute Gasteiger partial charge is 0.0992 e. The van der Waals surface area contributed by atoms with E-state index >= 15 is 0 Å². The van der Waals surface area contributed by atoms with Crippen LogP contribution in [0.25, 0.3) is 0 Å². The molecule has 1 aliphatic rings. The maximum absolute atomic E-state index is 8.84. The van der Waals surface area contributed by atoms with Crippen LogP contribution in [-0.4, -0.2) is 6.54 Å². The fraction of sp³-hybridized carbons (Fsp3) is 0.562. The summed E-state index contributed by atoms with van der Waals surface area (Å²) in [5, 5.41) is 12.3. The lowest BCUT2D eigenvalue weighted by Crippen LogP contribution is -2.16. The Morgan fingerprint density at radius 3 is 3.06 bits per heavy atom. The Morgan fingerprint density at radius 1 is 1.39 bits per heavy atom. The van der Waals surface area contributed by atoms with Crippen molar-refractivity contribution in [1.82, 2.24) is 0 Å². The van der Waals surface area contributed by atoms with Gasteiger partial charge in [0.2, 0.25) is 0 Å². The van der Waals surface area contributed by atoms with E-state index in [2.05, 4.69) is 18.3 Å². The highest BCUT2D eigenvalue weighted by Gasteiger charge is 2.18. The fourth-order valence-electron chi connectivity index (χ4n) is 2.94. The van der Waals surface area contributed by atoms with Crippen molar-refractivity contribution >= 4 is 5.69 Å². The first-order valence-corrected chi connectivity index (χ1v) is 7.02. The van der Waals surface area contributed by atoms with E-state index in [1.165, 1.54) is 32.1 Å². The normalized spacial score (nSPS) is 23.3. The monoisotopic (exact) mass is 242 g/mol. The van der Waals surface area contributed by atoms with Gasteiger partial charge in [-0.25, -0.2) is 0 Å². The molecule has 0 radical (unpaired) electrons. The van der Waals surface area contributed by atoms with Gasteiger partial charge in [0.15, 0.2) is 0 Å². The second-order valence-corrected chi connectivity index (χ2v) is 5.55. The Hall–Kier alpha value is -1.49. The molecule has 1 fully saturated rings. The zero-order valence-corrected chi connectivity index (χ0v) is 11.2. The van der Waals surface area contributed by atoms with Crippen LogP contribution in [0.1, 0.15) is 44.6 Å². The third kappa shape index (κ3) is 3.77. The largest absolute Gasteiger partial charge is 0.385 e. The predicted molar refractivity (Wildman–Crippen MR) is 75.4 cm³/mol. The van der Waals surface area contributed by atoms with Gasteiger partial charge in [-0.1, -0.05) is 32.3 Å². The van der Waals surface area contributed by atoms with Gasteiger partial charge in [-0.15, -0.1) is 0 Å². The summed E-state index contributed by atoms with van der Waals surface area (Å²) in [6.07, 6.45) is 6.84. The Kier molecular flexibility index (Phi) is 4.64. The number of nitriles is 1. The topological polar surface area (TPSA) is 35.8 Å². The van der Waals surface area contributed by atoms with Crippen LogP contribution in [0.4, 0.5) is 5.69 Å². The van der Waals surface area contributed by atoms with Crippen LogP contribution in [0.2, 0.25) is 0 Å². The summed E-state index contributed by atoms with van der Waals surface area (Å²) in [7, 11) is 0. The Balaban J connectivity index is 1.76. The van der Waals surface area contributed by atoms with Crippen molar-refractivity contribution in [3.8, 4) is 6.07 Å². The minimum absolute atomic E-state index is 0.728. The third-order valence-corrected chi connectivity index (χ3v) is 3.92. The molecule has 0 aromatic heterocycles. The molecule has 0 amide bonds. The molecule has 1 aromatic carbocycles. The van der Waals surface area contributed by atoms with Gasteiger partial charge in [0, 0.05) is 12.2 Å². The maximum Gasteiger partial charge on any atom is 0.0992 e. The summed E-state index contributed by atoms with van der Waals surface area (Å²) in [6, 6.07) is 9.90. The van der Waals surface area contributed by atoms with Crippen molar-refractivity contribution < 1.29 is 0 Å². The van der Waals surface area contributed by atoms with Crippen LogP contribution in [-0.2, 0) is 0 Å². The zero-order valence-electron chi connectivity index (χ0n) is 11.2. The fourth-order valence-corrected chi connectivity index (χ4v) is 2.94. The molecule has 0 spiro atoms. The van der Waals surface area contributed by atoms with E-state index in [1.54, 1.807) is 0 Å². The molecular weight excluding hydrogens is 220 g/mol. The van der Waals surface area contributed by atoms with Crippen molar-refractivity contribution in [1.29, 1.82) is 5.26 Å². The van der Waals surface area contributed by atoms with Crippen molar-refractivity contribution in [2.45, 2.75) is 39.0 Å². The van der Waals surface area contributed by atoms with Crippen LogP contribution >= 0.6 is 0 Å². The van der Waals surface area contributed by atoms with Crippen LogP contribution in [0.5, 0.6) is 0 Å². The molecule has 1 saturated carbocycles. The van der Waals surface area contributed by atoms with Crippen LogP contribution in [0, 0.1) is 23.2 Å². The van der Waals surface area contributed by atoms with Crippen LogP contribution < -0.4 is 5.32 Å². The van der Waals surface area contributed by atoms with E-state index in [1.807, 2.05) is 24.3 Å². The lowest BCUT2D eigenvalue weighted by molar-refractivity contribution is 0.274. The average molecular weight is 242 g/mol. The van der Waals surface area contributed by atoms with E-state index in [0.717, 1.165) is 29.6 Å². The molecule has 0 heterocycles. The predicted octanol–water partition coefficient (Wildman–Crippen LogP) is 4.19. The molecule has 0 bridgehead atoms. The average Bonchev–Trinajstić information content (AvgIpc) is 2.39. The molecule has 2 rings (SSSR count). The van der Waals surface area contributed by atoms with Crippen LogP contribution in [0.3, 0.4) is 0 Å². The molecule has 2 unspecified atom stereocenters. The Morgan fingerprint density at radius 2 is 2.28 bits per heavy atom. The van der Waals surface area contributed by atoms with E-state index in [-0.39, 0.29) is 0 Å². The Bertz CT molecular complexity index is 419. The molecule has 18 heavy (non-hydrogen) atoms. The first-order valence-electron chi connectivity index (χ1n) is 7.02. The lowest BCUT2D eigenvalue weighted by Gasteiger charge is -2.26. The van der Waals surface area contributed by atoms with Crippen molar-refractivity contribution in [3.63, 3.8) is 0 Å². The van der Waals surface area contributed by atoms with Gasteiger partial charge in [0.05, 0.1) is 11.6 Å². The molecule has 2 nitrogen and oxygen atoms in total. The molecule has 2 heteroatoms. The van der Waals surface area contributed by atoms with Gasteiger partial charge in [-0.2, -0.15) is 5.26 Å². The Labute approximate surface area is 110 Å². The van der Waals surface area contributed by atoms with E-state index in [4.69, 9.17) is 5.26 Å². The zero-order chi connectivity index (χ0) is 12.8. The molecule has 2 atom stereocenters. The molecular formula is C16H22N2. The lowest BCUT2D eigenvalue weighted by atomic mass is 9.81. The summed E-state index contributed by atoms with van der Waals surface area (Å²) in [5.41, 5.74) is 1.80. The number of hydrogen-bond donors (Lipinski definition) is 1. The highest BCUT2D eigenvalue weighted by molar-refractivity contribution is 5.48. The van der Waals surface area contributed by atoms with Crippen molar-refractivity contribution in [2.75, 3.05) is 11.9 Å². The standard InChI is InChI=1S/C16H22N2/c1-13-4-2-5-14(10-13)8-9-18-16-7-3-6-15(11-16)12-17/h3,6-7,11,13-14,18H,2,4-5,8-10H2,1H3. The van der Waals surface area contributed by atoms with Gasteiger partial charge in [-0.3, -0.25) is 0 Å². The van der Waals surface area contributed by atoms with E-state index in [9.17, 15) is 0 Å². The number of rotatable bonds is 4. The van der Waals surface area contributed by atoms with Gasteiger partial charge in [-0.05, 0) is 42.9 Å². The minimum Gasteiger partial charge on any atom is -0.385 e. The number of benzene rings is 1. The molecule has 0 saturated heterocycles. The first-order chi connectivity index (χ1) is 8.78. The van der Waals surface area contributed by atoms with E-state index < -0.39 is 0 Å². The summed E-state index contributed by atoms with van der Waals surface area (Å²) in [4.78, 5) is 0. The van der Waals surface area contributed by atoms with Crippen LogP contribution in [0.15, 0.2) is 24.3 Å². The van der Waals surface area contributed by atoms with Gasteiger partial charge in [0.1, 0.15) is 0 Å². The van der Waals surface area contributed by atoms with E-state index in [0.29, 0.717) is 0 Å². The molecule has 1 N–H and O–H groups in total. The molecule has 1 aromatic rings. The maximum atomic E-state index is 8.84. The van der Waals surface area contributed by atoms with Crippen molar-refractivity contribution in [2.24, 2.45) is 11.8 Å². The highest BCUT2D eigenvalue weighted by atomic mass is 14.9. The second kappa shape index (κ2) is 6.44. The summed E-state index contributed by atoms with van der Waals surface area (Å²) < 4.78 is 0. The number of hydrogen-bond acceptors (Lipinski definition) is 2. The summed E-state index contributed by atoms with van der Waals surface area (Å²) >= 11 is 0. The SMILES string of the molecule is CC1CCCC(CCNc2cccc(C#N)c2)C1. The molecule has 96 valence electrons. The van der Waals surface area contributed by atoms with Gasteiger partial charge in [0.25, 0.3) is 0 Å². The quantitative estimate of drug-likeness (QED) is 0.859. The van der Waals surface area contributed by atoms with Crippen molar-refractivity contribution in [3.05, 3.63) is 29.8 Å².